The number of hydrogen-bond acceptors (Lipinski definition) is 2. The number of ether oxygens (including phenoxy) is 1. The SMILES string of the molecule is CC[C@H](C)c1ccc(NC(=O)COc2c(F)c(F)cc(F)c2F)cc1. The number of hydrogen-bond donors (Lipinski definition) is 1. The van der Waals surface area contributed by atoms with Crippen LogP contribution >= 0.6 is 0 Å². The molecule has 1 atom stereocenters. The van der Waals surface area contributed by atoms with Gasteiger partial charge in [0.1, 0.15) is 0 Å². The molecule has 1 N–H and O–H groups in total. The molecule has 0 aromatic heterocycles. The maximum Gasteiger partial charge on any atom is 0.262 e. The van der Waals surface area contributed by atoms with Crippen molar-refractivity contribution in [1.29, 1.82) is 0 Å². The van der Waals surface area contributed by atoms with Crippen molar-refractivity contribution in [3.05, 3.63) is 59.2 Å². The minimum Gasteiger partial charge on any atom is -0.477 e. The van der Waals surface area contributed by atoms with Gasteiger partial charge in [0.2, 0.25) is 11.6 Å². The van der Waals surface area contributed by atoms with E-state index in [9.17, 15) is 22.4 Å². The molecule has 0 aliphatic rings. The molecule has 2 aromatic carbocycles. The van der Waals surface area contributed by atoms with Crippen molar-refractivity contribution in [3.8, 4) is 5.75 Å². The Morgan fingerprint density at radius 3 is 2.16 bits per heavy atom. The first-order chi connectivity index (χ1) is 11.8. The van der Waals surface area contributed by atoms with Crippen LogP contribution in [0.2, 0.25) is 0 Å². The van der Waals surface area contributed by atoms with Crippen molar-refractivity contribution in [2.45, 2.75) is 26.2 Å². The van der Waals surface area contributed by atoms with E-state index in [0.717, 1.165) is 12.0 Å². The third-order valence-electron chi connectivity index (χ3n) is 3.79. The van der Waals surface area contributed by atoms with Crippen LogP contribution in [0, 0.1) is 23.3 Å². The van der Waals surface area contributed by atoms with Crippen molar-refractivity contribution in [1.82, 2.24) is 0 Å². The molecule has 0 radical (unpaired) electrons. The van der Waals surface area contributed by atoms with Gasteiger partial charge in [-0.1, -0.05) is 26.0 Å². The molecule has 0 aliphatic carbocycles. The Morgan fingerprint density at radius 1 is 1.08 bits per heavy atom. The number of nitrogens with one attached hydrogen (secondary N) is 1. The van der Waals surface area contributed by atoms with Crippen molar-refractivity contribution in [2.24, 2.45) is 0 Å². The number of halogens is 4. The topological polar surface area (TPSA) is 38.3 Å². The predicted octanol–water partition coefficient (Wildman–Crippen LogP) is 4.77. The van der Waals surface area contributed by atoms with E-state index in [4.69, 9.17) is 0 Å². The summed E-state index contributed by atoms with van der Waals surface area (Å²) in [6.45, 7) is 3.33. The maximum absolute atomic E-state index is 13.4. The lowest BCUT2D eigenvalue weighted by Crippen LogP contribution is -2.21. The lowest BCUT2D eigenvalue weighted by Gasteiger charge is -2.12. The van der Waals surface area contributed by atoms with Crippen LogP contribution in [0.1, 0.15) is 31.7 Å². The molecular formula is C18H17F4NO2. The largest absolute Gasteiger partial charge is 0.477 e. The molecule has 0 unspecified atom stereocenters. The molecule has 2 aromatic rings. The van der Waals surface area contributed by atoms with E-state index in [2.05, 4.69) is 23.9 Å². The van der Waals surface area contributed by atoms with Crippen LogP contribution in [0.4, 0.5) is 23.2 Å². The Morgan fingerprint density at radius 2 is 1.64 bits per heavy atom. The van der Waals surface area contributed by atoms with E-state index in [1.165, 1.54) is 0 Å². The average molecular weight is 355 g/mol. The van der Waals surface area contributed by atoms with E-state index < -0.39 is 41.5 Å². The van der Waals surface area contributed by atoms with Crippen molar-refractivity contribution < 1.29 is 27.1 Å². The Kier molecular flexibility index (Phi) is 6.01. The van der Waals surface area contributed by atoms with E-state index >= 15 is 0 Å². The van der Waals surface area contributed by atoms with E-state index in [1.807, 2.05) is 12.1 Å². The Bertz CT molecular complexity index is 736. The maximum atomic E-state index is 13.4. The van der Waals surface area contributed by atoms with Crippen LogP contribution in [-0.4, -0.2) is 12.5 Å². The van der Waals surface area contributed by atoms with Gasteiger partial charge in [-0.05, 0) is 30.0 Å². The second-order valence-corrected chi connectivity index (χ2v) is 5.57. The first-order valence-corrected chi connectivity index (χ1v) is 7.69. The summed E-state index contributed by atoms with van der Waals surface area (Å²) in [5.41, 5.74) is 1.57. The average Bonchev–Trinajstić information content (AvgIpc) is 2.60. The van der Waals surface area contributed by atoms with Crippen molar-refractivity contribution in [3.63, 3.8) is 0 Å². The summed E-state index contributed by atoms with van der Waals surface area (Å²) < 4.78 is 57.6. The van der Waals surface area contributed by atoms with Gasteiger partial charge in [-0.25, -0.2) is 8.78 Å². The second kappa shape index (κ2) is 8.00. The molecule has 0 spiro atoms. The molecule has 0 saturated heterocycles. The molecule has 7 heteroatoms. The zero-order chi connectivity index (χ0) is 18.6. The molecule has 0 saturated carbocycles. The van der Waals surface area contributed by atoms with Crippen LogP contribution in [0.15, 0.2) is 30.3 Å². The molecule has 134 valence electrons. The number of carbonyl (C=O) groups excluding carboxylic acids is 1. The van der Waals surface area contributed by atoms with E-state index in [-0.39, 0.29) is 6.07 Å². The predicted molar refractivity (Wildman–Crippen MR) is 85.5 cm³/mol. The summed E-state index contributed by atoms with van der Waals surface area (Å²) in [4.78, 5) is 11.8. The summed E-state index contributed by atoms with van der Waals surface area (Å²) in [5.74, 6) is -8.19. The normalized spacial score (nSPS) is 11.9. The monoisotopic (exact) mass is 355 g/mol. The molecule has 0 bridgehead atoms. The summed E-state index contributed by atoms with van der Waals surface area (Å²) in [7, 11) is 0. The first kappa shape index (κ1) is 18.8. The quantitative estimate of drug-likeness (QED) is 0.599. The van der Waals surface area contributed by atoms with Gasteiger partial charge in [0.05, 0.1) is 0 Å². The van der Waals surface area contributed by atoms with Gasteiger partial charge >= 0.3 is 0 Å². The Balaban J connectivity index is 2.00. The van der Waals surface area contributed by atoms with Gasteiger partial charge in [0.25, 0.3) is 5.91 Å². The summed E-state index contributed by atoms with van der Waals surface area (Å²) in [6, 6.07) is 7.14. The number of anilines is 1. The van der Waals surface area contributed by atoms with Crippen molar-refractivity contribution >= 4 is 11.6 Å². The summed E-state index contributed by atoms with van der Waals surface area (Å²) in [6.07, 6.45) is 0.973. The van der Waals surface area contributed by atoms with E-state index in [0.29, 0.717) is 11.6 Å². The standard InChI is InChI=1S/C18H17F4NO2/c1-3-10(2)11-4-6-12(7-5-11)23-15(24)9-25-18-16(21)13(19)8-14(20)17(18)22/h4-8,10H,3,9H2,1-2H3,(H,23,24)/t10-/m0/s1. The van der Waals surface area contributed by atoms with Gasteiger partial charge in [0, 0.05) is 11.8 Å². The van der Waals surface area contributed by atoms with Gasteiger partial charge in [-0.3, -0.25) is 4.79 Å². The van der Waals surface area contributed by atoms with Crippen LogP contribution < -0.4 is 10.1 Å². The van der Waals surface area contributed by atoms with Gasteiger partial charge in [-0.2, -0.15) is 8.78 Å². The smallest absolute Gasteiger partial charge is 0.262 e. The van der Waals surface area contributed by atoms with Crippen molar-refractivity contribution in [2.75, 3.05) is 11.9 Å². The van der Waals surface area contributed by atoms with Gasteiger partial charge in [0.15, 0.2) is 24.0 Å². The minimum atomic E-state index is -1.69. The fourth-order valence-electron chi connectivity index (χ4n) is 2.14. The molecule has 3 nitrogen and oxygen atoms in total. The first-order valence-electron chi connectivity index (χ1n) is 7.69. The number of rotatable bonds is 6. The fourth-order valence-corrected chi connectivity index (χ4v) is 2.14. The third kappa shape index (κ3) is 4.49. The van der Waals surface area contributed by atoms with Gasteiger partial charge < -0.3 is 10.1 Å². The molecule has 0 fully saturated rings. The number of benzene rings is 2. The second-order valence-electron chi connectivity index (χ2n) is 5.57. The highest BCUT2D eigenvalue weighted by atomic mass is 19.2. The highest BCUT2D eigenvalue weighted by molar-refractivity contribution is 5.91. The summed E-state index contributed by atoms with van der Waals surface area (Å²) >= 11 is 0. The zero-order valence-corrected chi connectivity index (χ0v) is 13.7. The molecule has 0 heterocycles. The highest BCUT2D eigenvalue weighted by Crippen LogP contribution is 2.26. The fraction of sp³-hybridized carbons (Fsp3) is 0.278. The lowest BCUT2D eigenvalue weighted by molar-refractivity contribution is -0.118. The molecule has 25 heavy (non-hydrogen) atoms. The van der Waals surface area contributed by atoms with Crippen LogP contribution in [0.25, 0.3) is 0 Å². The van der Waals surface area contributed by atoms with Crippen LogP contribution in [0.3, 0.4) is 0 Å². The Hall–Kier alpha value is -2.57. The zero-order valence-electron chi connectivity index (χ0n) is 13.7. The molecule has 1 amide bonds. The van der Waals surface area contributed by atoms with E-state index in [1.54, 1.807) is 12.1 Å². The Labute approximate surface area is 142 Å². The number of amides is 1. The van der Waals surface area contributed by atoms with Gasteiger partial charge in [-0.15, -0.1) is 0 Å². The highest BCUT2D eigenvalue weighted by Gasteiger charge is 2.21. The minimum absolute atomic E-state index is 0.0659. The molecule has 0 aliphatic heterocycles. The van der Waals surface area contributed by atoms with Crippen LogP contribution in [0.5, 0.6) is 5.75 Å². The summed E-state index contributed by atoms with van der Waals surface area (Å²) in [5, 5.41) is 2.47. The molecular weight excluding hydrogens is 338 g/mol. The lowest BCUT2D eigenvalue weighted by atomic mass is 9.99. The number of carbonyl (C=O) groups is 1. The van der Waals surface area contributed by atoms with Crippen LogP contribution in [-0.2, 0) is 4.79 Å². The third-order valence-corrected chi connectivity index (χ3v) is 3.79. The molecule has 2 rings (SSSR count).